The van der Waals surface area contributed by atoms with Gasteiger partial charge in [-0.25, -0.2) is 4.39 Å². The number of halogens is 1. The van der Waals surface area contributed by atoms with Crippen LogP contribution in [0.4, 0.5) is 4.39 Å². The smallest absolute Gasteiger partial charge is 0.191 e. The summed E-state index contributed by atoms with van der Waals surface area (Å²) in [5.41, 5.74) is 0.838. The van der Waals surface area contributed by atoms with Gasteiger partial charge in [0.15, 0.2) is 23.4 Å². The van der Waals surface area contributed by atoms with Crippen LogP contribution in [0.5, 0.6) is 5.75 Å². The molecule has 0 saturated heterocycles. The van der Waals surface area contributed by atoms with Crippen LogP contribution >= 0.6 is 0 Å². The number of ether oxygens (including phenoxy) is 1. The Kier molecular flexibility index (Phi) is 6.50. The molecule has 162 valence electrons. The van der Waals surface area contributed by atoms with Crippen LogP contribution in [0.25, 0.3) is 0 Å². The van der Waals surface area contributed by atoms with Gasteiger partial charge in [0, 0.05) is 20.0 Å². The first-order valence-corrected chi connectivity index (χ1v) is 10.9. The molecule has 4 rings (SSSR count). The van der Waals surface area contributed by atoms with Gasteiger partial charge in [-0.3, -0.25) is 4.99 Å². The molecule has 0 amide bonds. The van der Waals surface area contributed by atoms with Crippen LogP contribution in [-0.2, 0) is 19.5 Å². The van der Waals surface area contributed by atoms with Crippen LogP contribution in [-0.4, -0.2) is 34.4 Å². The van der Waals surface area contributed by atoms with E-state index in [-0.39, 0.29) is 11.9 Å². The van der Waals surface area contributed by atoms with Crippen molar-refractivity contribution in [1.29, 1.82) is 0 Å². The fourth-order valence-electron chi connectivity index (χ4n) is 3.72. The average Bonchev–Trinajstić information content (AvgIpc) is 3.54. The molecule has 1 unspecified atom stereocenters. The Morgan fingerprint density at radius 1 is 1.30 bits per heavy atom. The predicted octanol–water partition coefficient (Wildman–Crippen LogP) is 3.36. The topological polar surface area (TPSA) is 76.4 Å². The van der Waals surface area contributed by atoms with Gasteiger partial charge in [0.05, 0.1) is 19.2 Å². The molecule has 1 fully saturated rings. The molecule has 1 aromatic carbocycles. The summed E-state index contributed by atoms with van der Waals surface area (Å²) in [6, 6.07) is 5.03. The van der Waals surface area contributed by atoms with Gasteiger partial charge < -0.3 is 19.9 Å². The predicted molar refractivity (Wildman–Crippen MR) is 114 cm³/mol. The summed E-state index contributed by atoms with van der Waals surface area (Å²) >= 11 is 0. The van der Waals surface area contributed by atoms with Gasteiger partial charge in [0.2, 0.25) is 0 Å². The average molecular weight is 415 g/mol. The summed E-state index contributed by atoms with van der Waals surface area (Å²) < 4.78 is 22.2. The Labute approximate surface area is 177 Å². The van der Waals surface area contributed by atoms with Crippen LogP contribution in [0, 0.1) is 11.7 Å². The third-order valence-electron chi connectivity index (χ3n) is 5.80. The highest BCUT2D eigenvalue weighted by atomic mass is 19.1. The van der Waals surface area contributed by atoms with E-state index in [1.54, 1.807) is 13.1 Å². The molecule has 8 heteroatoms. The third kappa shape index (κ3) is 5.09. The van der Waals surface area contributed by atoms with E-state index in [1.807, 2.05) is 13.0 Å². The van der Waals surface area contributed by atoms with Crippen molar-refractivity contribution in [2.45, 2.75) is 64.6 Å². The van der Waals surface area contributed by atoms with E-state index < -0.39 is 0 Å². The minimum absolute atomic E-state index is 0.112. The molecule has 1 aliphatic heterocycles. The number of aliphatic imine (C=N–C) groups is 1. The Morgan fingerprint density at radius 3 is 2.93 bits per heavy atom. The third-order valence-corrected chi connectivity index (χ3v) is 5.80. The van der Waals surface area contributed by atoms with Gasteiger partial charge in [-0.2, -0.15) is 0 Å². The zero-order valence-electron chi connectivity index (χ0n) is 17.8. The van der Waals surface area contributed by atoms with E-state index in [4.69, 9.17) is 4.74 Å². The molecule has 1 aliphatic carbocycles. The van der Waals surface area contributed by atoms with Crippen molar-refractivity contribution in [3.63, 3.8) is 0 Å². The van der Waals surface area contributed by atoms with Crippen molar-refractivity contribution in [2.75, 3.05) is 13.7 Å². The second-order valence-corrected chi connectivity index (χ2v) is 8.23. The number of rotatable bonds is 7. The maximum Gasteiger partial charge on any atom is 0.191 e. The van der Waals surface area contributed by atoms with Crippen LogP contribution in [0.2, 0.25) is 0 Å². The largest absolute Gasteiger partial charge is 0.490 e. The van der Waals surface area contributed by atoms with Gasteiger partial charge in [0.1, 0.15) is 5.82 Å². The highest BCUT2D eigenvalue weighted by molar-refractivity contribution is 5.80. The molecule has 0 radical (unpaired) electrons. The molecule has 1 aromatic heterocycles. The van der Waals surface area contributed by atoms with Gasteiger partial charge in [0.25, 0.3) is 0 Å². The van der Waals surface area contributed by atoms with E-state index in [2.05, 4.69) is 30.4 Å². The van der Waals surface area contributed by atoms with Crippen LogP contribution < -0.4 is 15.4 Å². The van der Waals surface area contributed by atoms with Gasteiger partial charge in [-0.05, 0) is 56.2 Å². The maximum atomic E-state index is 14.4. The lowest BCUT2D eigenvalue weighted by Crippen LogP contribution is -2.38. The zero-order chi connectivity index (χ0) is 20.9. The number of benzene rings is 1. The van der Waals surface area contributed by atoms with E-state index >= 15 is 0 Å². The number of guanidine groups is 1. The minimum Gasteiger partial charge on any atom is -0.490 e. The first kappa shape index (κ1) is 20.6. The molecule has 0 bridgehead atoms. The summed E-state index contributed by atoms with van der Waals surface area (Å²) in [6.07, 6.45) is 6.93. The molecule has 7 nitrogen and oxygen atoms in total. The molecule has 1 saturated carbocycles. The quantitative estimate of drug-likeness (QED) is 0.537. The summed E-state index contributed by atoms with van der Waals surface area (Å²) in [7, 11) is 1.72. The molecule has 0 spiro atoms. The number of nitrogens with zero attached hydrogens (tertiary/aromatic N) is 4. The second-order valence-electron chi connectivity index (χ2n) is 8.23. The first-order valence-electron chi connectivity index (χ1n) is 10.9. The molecular formula is C22H31FN6O. The fraction of sp³-hybridized carbons (Fsp3) is 0.591. The van der Waals surface area contributed by atoms with Crippen molar-refractivity contribution in [3.05, 3.63) is 41.2 Å². The molecular weight excluding hydrogens is 383 g/mol. The standard InChI is InChI=1S/C22H31FN6O/c1-15(17-9-10-19(18(23)12-17)30-14-16-7-8-16)26-22(24-2)25-13-21-28-27-20-6-4-3-5-11-29(20)21/h9-10,12,15-16H,3-8,11,13-14H2,1-2H3,(H2,24,25,26). The van der Waals surface area contributed by atoms with Crippen molar-refractivity contribution in [3.8, 4) is 5.75 Å². The highest BCUT2D eigenvalue weighted by Gasteiger charge is 2.22. The van der Waals surface area contributed by atoms with Gasteiger partial charge >= 0.3 is 0 Å². The summed E-state index contributed by atoms with van der Waals surface area (Å²) in [6.45, 7) is 4.10. The number of aromatic nitrogens is 3. The normalized spacial score (nSPS) is 17.8. The molecule has 2 heterocycles. The lowest BCUT2D eigenvalue weighted by molar-refractivity contribution is 0.285. The molecule has 1 atom stereocenters. The van der Waals surface area contributed by atoms with Gasteiger partial charge in [-0.15, -0.1) is 10.2 Å². The second kappa shape index (κ2) is 9.45. The van der Waals surface area contributed by atoms with Crippen molar-refractivity contribution < 1.29 is 9.13 Å². The molecule has 2 aliphatic rings. The summed E-state index contributed by atoms with van der Waals surface area (Å²) in [4.78, 5) is 4.30. The lowest BCUT2D eigenvalue weighted by Gasteiger charge is -2.19. The molecule has 2 N–H and O–H groups in total. The lowest BCUT2D eigenvalue weighted by atomic mass is 10.1. The zero-order valence-corrected chi connectivity index (χ0v) is 17.8. The SMILES string of the molecule is CN=C(NCc1nnc2n1CCCCC2)NC(C)c1ccc(OCC2CC2)c(F)c1. The van der Waals surface area contributed by atoms with Crippen molar-refractivity contribution in [2.24, 2.45) is 10.9 Å². The van der Waals surface area contributed by atoms with Crippen molar-refractivity contribution in [1.82, 2.24) is 25.4 Å². The number of hydrogen-bond donors (Lipinski definition) is 2. The summed E-state index contributed by atoms with van der Waals surface area (Å²) in [5, 5.41) is 15.3. The number of hydrogen-bond acceptors (Lipinski definition) is 4. The molecule has 30 heavy (non-hydrogen) atoms. The summed E-state index contributed by atoms with van der Waals surface area (Å²) in [5.74, 6) is 3.23. The number of nitrogens with one attached hydrogen (secondary N) is 2. The number of fused-ring (bicyclic) bond motifs is 1. The van der Waals surface area contributed by atoms with Crippen molar-refractivity contribution >= 4 is 5.96 Å². The Hall–Kier alpha value is -2.64. The Morgan fingerprint density at radius 2 is 2.17 bits per heavy atom. The Balaban J connectivity index is 1.33. The Bertz CT molecular complexity index is 892. The van der Waals surface area contributed by atoms with Crippen LogP contribution in [0.15, 0.2) is 23.2 Å². The number of aryl methyl sites for hydroxylation is 1. The van der Waals surface area contributed by atoms with Crippen LogP contribution in [0.1, 0.15) is 62.3 Å². The monoisotopic (exact) mass is 414 g/mol. The van der Waals surface area contributed by atoms with Crippen LogP contribution in [0.3, 0.4) is 0 Å². The van der Waals surface area contributed by atoms with E-state index in [9.17, 15) is 4.39 Å². The van der Waals surface area contributed by atoms with Gasteiger partial charge in [-0.1, -0.05) is 12.5 Å². The first-order chi connectivity index (χ1) is 14.6. The molecule has 2 aromatic rings. The van der Waals surface area contributed by atoms with E-state index in [0.717, 1.165) is 36.6 Å². The minimum atomic E-state index is -0.323. The maximum absolute atomic E-state index is 14.4. The van der Waals surface area contributed by atoms with E-state index in [0.29, 0.717) is 30.8 Å². The highest BCUT2D eigenvalue weighted by Crippen LogP contribution is 2.30. The fourth-order valence-corrected chi connectivity index (χ4v) is 3.72. The van der Waals surface area contributed by atoms with E-state index in [1.165, 1.54) is 31.7 Å².